The second-order valence-corrected chi connectivity index (χ2v) is 9.94. The molecule has 0 unspecified atom stereocenters. The van der Waals surface area contributed by atoms with Crippen molar-refractivity contribution in [3.63, 3.8) is 0 Å². The summed E-state index contributed by atoms with van der Waals surface area (Å²) in [7, 11) is 0. The minimum Gasteiger partial charge on any atom is -0.310 e. The topological polar surface area (TPSA) is 39.9 Å². The Bertz CT molecular complexity index is 1760. The van der Waals surface area contributed by atoms with E-state index < -0.39 is 5.41 Å². The van der Waals surface area contributed by atoms with Crippen molar-refractivity contribution in [3.05, 3.63) is 180 Å². The first-order chi connectivity index (χ1) is 19.8. The molecule has 0 aliphatic carbocycles. The van der Waals surface area contributed by atoms with Crippen LogP contribution in [0.1, 0.15) is 27.8 Å². The van der Waals surface area contributed by atoms with Crippen molar-refractivity contribution in [2.75, 3.05) is 4.90 Å². The number of aromatic nitrogens is 1. The lowest BCUT2D eigenvalue weighted by Gasteiger charge is -2.46. The van der Waals surface area contributed by atoms with E-state index in [-0.39, 0.29) is 0 Å². The van der Waals surface area contributed by atoms with Crippen LogP contribution in [0.3, 0.4) is 0 Å². The van der Waals surface area contributed by atoms with Gasteiger partial charge in [0.05, 0.1) is 34.1 Å². The Hall–Kier alpha value is -5.46. The molecule has 2 heterocycles. The summed E-state index contributed by atoms with van der Waals surface area (Å²) in [5, 5.41) is 9.33. The third kappa shape index (κ3) is 3.62. The fraction of sp³-hybridized carbons (Fsp3) is 0.0270. The largest absolute Gasteiger partial charge is 0.310 e. The predicted molar refractivity (Wildman–Crippen MR) is 161 cm³/mol. The van der Waals surface area contributed by atoms with Gasteiger partial charge in [0, 0.05) is 17.4 Å². The first-order valence-electron chi connectivity index (χ1n) is 13.4. The van der Waals surface area contributed by atoms with Crippen LogP contribution in [0.15, 0.2) is 152 Å². The van der Waals surface area contributed by atoms with Crippen molar-refractivity contribution in [1.82, 2.24) is 4.98 Å². The third-order valence-electron chi connectivity index (χ3n) is 7.82. The summed E-state index contributed by atoms with van der Waals surface area (Å²) in [4.78, 5) is 6.85. The lowest BCUT2D eigenvalue weighted by atomic mass is 9.62. The molecular formula is C37H25N3. The van der Waals surface area contributed by atoms with Crippen molar-refractivity contribution < 1.29 is 0 Å². The smallest absolute Gasteiger partial charge is 0.0992 e. The van der Waals surface area contributed by atoms with Gasteiger partial charge in [-0.15, -0.1) is 0 Å². The van der Waals surface area contributed by atoms with Crippen LogP contribution in [0.5, 0.6) is 0 Å². The van der Waals surface area contributed by atoms with Gasteiger partial charge in [-0.2, -0.15) is 5.26 Å². The van der Waals surface area contributed by atoms with Crippen LogP contribution in [-0.2, 0) is 5.41 Å². The molecule has 0 atom stereocenters. The molecule has 5 aromatic carbocycles. The minimum absolute atomic E-state index is 0.478. The lowest BCUT2D eigenvalue weighted by Crippen LogP contribution is -2.37. The maximum absolute atomic E-state index is 9.33. The number of nitrogens with zero attached hydrogens (tertiary/aromatic N) is 3. The Balaban J connectivity index is 1.47. The molecule has 7 rings (SSSR count). The Morgan fingerprint density at radius 2 is 1.10 bits per heavy atom. The normalized spacial score (nSPS) is 13.1. The highest BCUT2D eigenvalue weighted by molar-refractivity contribution is 5.89. The summed E-state index contributed by atoms with van der Waals surface area (Å²) in [5.41, 5.74) is 10.2. The van der Waals surface area contributed by atoms with Gasteiger partial charge in [0.1, 0.15) is 0 Å². The van der Waals surface area contributed by atoms with E-state index in [9.17, 15) is 5.26 Å². The average Bonchev–Trinajstić information content (AvgIpc) is 3.04. The molecule has 3 heteroatoms. The molecule has 0 fully saturated rings. The van der Waals surface area contributed by atoms with Crippen LogP contribution in [-0.4, -0.2) is 4.98 Å². The van der Waals surface area contributed by atoms with Crippen molar-refractivity contribution in [2.45, 2.75) is 5.41 Å². The number of fused-ring (bicyclic) bond motifs is 2. The molecule has 3 nitrogen and oxygen atoms in total. The van der Waals surface area contributed by atoms with Gasteiger partial charge in [-0.3, -0.25) is 4.98 Å². The first kappa shape index (κ1) is 23.6. The molecule has 0 N–H and O–H groups in total. The molecule has 6 aromatic rings. The Kier molecular flexibility index (Phi) is 5.73. The highest BCUT2D eigenvalue weighted by atomic mass is 15.2. The molecule has 1 aromatic heterocycles. The molecule has 0 spiro atoms. The van der Waals surface area contributed by atoms with Gasteiger partial charge in [0.15, 0.2) is 0 Å². The van der Waals surface area contributed by atoms with E-state index in [0.29, 0.717) is 5.56 Å². The Labute approximate surface area is 234 Å². The van der Waals surface area contributed by atoms with Gasteiger partial charge in [-0.1, -0.05) is 109 Å². The van der Waals surface area contributed by atoms with Crippen molar-refractivity contribution >= 4 is 17.1 Å². The SMILES string of the molecule is N#Cc1ccnc(-c2ccc(N3c4ccccc4C(c4ccccc4)(c4ccccc4)c4ccccc43)cc2)c1. The fourth-order valence-electron chi connectivity index (χ4n) is 6.13. The summed E-state index contributed by atoms with van der Waals surface area (Å²) in [6.07, 6.45) is 1.69. The van der Waals surface area contributed by atoms with E-state index in [1.54, 1.807) is 12.3 Å². The maximum atomic E-state index is 9.33. The number of hydrogen-bond donors (Lipinski definition) is 0. The van der Waals surface area contributed by atoms with Gasteiger partial charge in [-0.25, -0.2) is 0 Å². The van der Waals surface area contributed by atoms with Crippen LogP contribution in [0.2, 0.25) is 0 Å². The average molecular weight is 512 g/mol. The van der Waals surface area contributed by atoms with Gasteiger partial charge in [0.25, 0.3) is 0 Å². The van der Waals surface area contributed by atoms with Gasteiger partial charge in [-0.05, 0) is 58.7 Å². The van der Waals surface area contributed by atoms with Gasteiger partial charge >= 0.3 is 0 Å². The van der Waals surface area contributed by atoms with E-state index >= 15 is 0 Å². The quantitative estimate of drug-likeness (QED) is 0.237. The number of para-hydroxylation sites is 2. The molecule has 0 radical (unpaired) electrons. The molecule has 0 saturated heterocycles. The first-order valence-corrected chi connectivity index (χ1v) is 13.4. The van der Waals surface area contributed by atoms with Crippen LogP contribution in [0.4, 0.5) is 17.1 Å². The fourth-order valence-corrected chi connectivity index (χ4v) is 6.13. The van der Waals surface area contributed by atoms with Gasteiger partial charge in [0.2, 0.25) is 0 Å². The van der Waals surface area contributed by atoms with Crippen LogP contribution >= 0.6 is 0 Å². The minimum atomic E-state index is -0.478. The van der Waals surface area contributed by atoms with Crippen LogP contribution in [0.25, 0.3) is 11.3 Å². The Morgan fingerprint density at radius 3 is 1.65 bits per heavy atom. The summed E-state index contributed by atoms with van der Waals surface area (Å²) >= 11 is 0. The molecule has 1 aliphatic rings. The number of benzene rings is 5. The summed E-state index contributed by atoms with van der Waals surface area (Å²) < 4.78 is 0. The van der Waals surface area contributed by atoms with Crippen molar-refractivity contribution in [3.8, 4) is 17.3 Å². The predicted octanol–water partition coefficient (Wildman–Crippen LogP) is 8.79. The monoisotopic (exact) mass is 511 g/mol. The zero-order valence-corrected chi connectivity index (χ0v) is 21.8. The van der Waals surface area contributed by atoms with E-state index in [2.05, 4.69) is 149 Å². The van der Waals surface area contributed by atoms with E-state index in [4.69, 9.17) is 0 Å². The number of nitriles is 1. The van der Waals surface area contributed by atoms with Crippen molar-refractivity contribution in [2.24, 2.45) is 0 Å². The van der Waals surface area contributed by atoms with Crippen LogP contribution in [0, 0.1) is 11.3 Å². The number of anilines is 3. The highest BCUT2D eigenvalue weighted by Crippen LogP contribution is 2.57. The zero-order chi connectivity index (χ0) is 26.9. The maximum Gasteiger partial charge on any atom is 0.0992 e. The molecule has 1 aliphatic heterocycles. The molecule has 188 valence electrons. The highest BCUT2D eigenvalue weighted by Gasteiger charge is 2.46. The Morgan fingerprint density at radius 1 is 0.575 bits per heavy atom. The summed E-state index contributed by atoms with van der Waals surface area (Å²) in [6.45, 7) is 0. The summed E-state index contributed by atoms with van der Waals surface area (Å²) in [5.74, 6) is 0. The standard InChI is InChI=1S/C37H25N3/c38-26-27-23-24-39-34(25-27)28-19-21-31(22-20-28)40-35-17-9-7-15-32(35)37(29-11-3-1-4-12-29,30-13-5-2-6-14-30)33-16-8-10-18-36(33)40/h1-25H. The van der Waals surface area contributed by atoms with Gasteiger partial charge < -0.3 is 4.90 Å². The number of hydrogen-bond acceptors (Lipinski definition) is 3. The van der Waals surface area contributed by atoms with E-state index in [0.717, 1.165) is 28.3 Å². The molecule has 40 heavy (non-hydrogen) atoms. The second-order valence-electron chi connectivity index (χ2n) is 9.94. The third-order valence-corrected chi connectivity index (χ3v) is 7.82. The van der Waals surface area contributed by atoms with E-state index in [1.165, 1.54) is 22.3 Å². The second kappa shape index (κ2) is 9.69. The zero-order valence-electron chi connectivity index (χ0n) is 21.8. The molecule has 0 saturated carbocycles. The van der Waals surface area contributed by atoms with E-state index in [1.807, 2.05) is 6.07 Å². The molecule has 0 bridgehead atoms. The molecular weight excluding hydrogens is 486 g/mol. The van der Waals surface area contributed by atoms with Crippen LogP contribution < -0.4 is 4.90 Å². The lowest BCUT2D eigenvalue weighted by molar-refractivity contribution is 0.731. The number of pyridine rings is 1. The summed E-state index contributed by atoms with van der Waals surface area (Å²) in [6, 6.07) is 53.4. The molecule has 0 amide bonds. The van der Waals surface area contributed by atoms with Crippen molar-refractivity contribution in [1.29, 1.82) is 5.26 Å². The number of rotatable bonds is 4.